The zero-order valence-electron chi connectivity index (χ0n) is 13.9. The first-order chi connectivity index (χ1) is 11.5. The van der Waals surface area contributed by atoms with Crippen molar-refractivity contribution < 1.29 is 9.18 Å². The van der Waals surface area contributed by atoms with Crippen molar-refractivity contribution >= 4 is 29.6 Å². The highest BCUT2D eigenvalue weighted by Crippen LogP contribution is 2.20. The van der Waals surface area contributed by atoms with Crippen LogP contribution in [0.15, 0.2) is 40.4 Å². The van der Waals surface area contributed by atoms with Crippen LogP contribution in [0.2, 0.25) is 0 Å². The fourth-order valence-corrected chi connectivity index (χ4v) is 2.46. The number of hydrogen-bond donors (Lipinski definition) is 0. The number of aromatic nitrogens is 2. The zero-order valence-corrected chi connectivity index (χ0v) is 14.7. The highest BCUT2D eigenvalue weighted by atomic mass is 32.2. The Labute approximate surface area is 145 Å². The summed E-state index contributed by atoms with van der Waals surface area (Å²) < 4.78 is 12.9. The van der Waals surface area contributed by atoms with E-state index in [4.69, 9.17) is 0 Å². The third-order valence-corrected chi connectivity index (χ3v) is 4.29. The van der Waals surface area contributed by atoms with Crippen LogP contribution in [0.25, 0.3) is 0 Å². The summed E-state index contributed by atoms with van der Waals surface area (Å²) in [6.45, 7) is 4.67. The van der Waals surface area contributed by atoms with E-state index in [1.165, 1.54) is 23.9 Å². The molecule has 2 rings (SSSR count). The number of carbonyl (C=O) groups excluding carboxylic acids is 1. The van der Waals surface area contributed by atoms with Gasteiger partial charge in [-0.3, -0.25) is 4.79 Å². The van der Waals surface area contributed by atoms with Gasteiger partial charge in [-0.15, -0.1) is 11.8 Å². The van der Waals surface area contributed by atoms with Gasteiger partial charge in [-0.1, -0.05) is 0 Å². The van der Waals surface area contributed by atoms with Crippen molar-refractivity contribution in [3.8, 4) is 0 Å². The summed E-state index contributed by atoms with van der Waals surface area (Å²) in [4.78, 5) is 27.6. The fourth-order valence-electron chi connectivity index (χ4n) is 1.71. The average Bonchev–Trinajstić information content (AvgIpc) is 2.59. The second-order valence-electron chi connectivity index (χ2n) is 5.15. The molecule has 0 atom stereocenters. The summed E-state index contributed by atoms with van der Waals surface area (Å²) in [6, 6.07) is 6.02. The molecular formula is C17H19FN4OS. The molecule has 0 saturated carbocycles. The first-order valence-electron chi connectivity index (χ1n) is 7.49. The van der Waals surface area contributed by atoms with Gasteiger partial charge in [0.1, 0.15) is 11.5 Å². The SMILES string of the molecule is CCN(C)C=Nc1cnc(C(=O)CSc2ccc(F)cc2)nc1C. The first-order valence-corrected chi connectivity index (χ1v) is 8.47. The van der Waals surface area contributed by atoms with Crippen LogP contribution in [0.3, 0.4) is 0 Å². The van der Waals surface area contributed by atoms with Crippen LogP contribution in [0.5, 0.6) is 0 Å². The van der Waals surface area contributed by atoms with Crippen molar-refractivity contribution in [2.45, 2.75) is 18.7 Å². The normalized spacial score (nSPS) is 11.0. The minimum Gasteiger partial charge on any atom is -0.366 e. The molecule has 126 valence electrons. The highest BCUT2D eigenvalue weighted by molar-refractivity contribution is 8.00. The third-order valence-electron chi connectivity index (χ3n) is 3.28. The van der Waals surface area contributed by atoms with E-state index >= 15 is 0 Å². The smallest absolute Gasteiger partial charge is 0.210 e. The van der Waals surface area contributed by atoms with Gasteiger partial charge in [0.25, 0.3) is 0 Å². The molecule has 0 aliphatic heterocycles. The molecule has 0 N–H and O–H groups in total. The number of ketones is 1. The van der Waals surface area contributed by atoms with Crippen molar-refractivity contribution in [2.75, 3.05) is 19.3 Å². The van der Waals surface area contributed by atoms with Gasteiger partial charge in [-0.25, -0.2) is 19.4 Å². The van der Waals surface area contributed by atoms with E-state index in [9.17, 15) is 9.18 Å². The second-order valence-corrected chi connectivity index (χ2v) is 6.20. The van der Waals surface area contributed by atoms with Gasteiger partial charge < -0.3 is 4.90 Å². The monoisotopic (exact) mass is 346 g/mol. The molecule has 1 aromatic carbocycles. The number of carbonyl (C=O) groups is 1. The van der Waals surface area contributed by atoms with Gasteiger partial charge in [-0.2, -0.15) is 0 Å². The average molecular weight is 346 g/mol. The molecule has 1 heterocycles. The highest BCUT2D eigenvalue weighted by Gasteiger charge is 2.12. The summed E-state index contributed by atoms with van der Waals surface area (Å²) in [7, 11) is 1.92. The van der Waals surface area contributed by atoms with Crippen LogP contribution in [-0.2, 0) is 0 Å². The van der Waals surface area contributed by atoms with E-state index < -0.39 is 0 Å². The zero-order chi connectivity index (χ0) is 17.5. The summed E-state index contributed by atoms with van der Waals surface area (Å²) in [5.74, 6) is -0.0975. The van der Waals surface area contributed by atoms with E-state index in [1.54, 1.807) is 31.6 Å². The molecule has 0 spiro atoms. The molecule has 0 fully saturated rings. The fraction of sp³-hybridized carbons (Fsp3) is 0.294. The van der Waals surface area contributed by atoms with Gasteiger partial charge >= 0.3 is 0 Å². The molecule has 0 saturated heterocycles. The van der Waals surface area contributed by atoms with E-state index in [1.807, 2.05) is 18.9 Å². The number of halogens is 1. The molecule has 0 bridgehead atoms. The number of benzene rings is 1. The van der Waals surface area contributed by atoms with E-state index in [2.05, 4.69) is 15.0 Å². The summed E-state index contributed by atoms with van der Waals surface area (Å²) in [5, 5.41) is 0. The maximum Gasteiger partial charge on any atom is 0.210 e. The van der Waals surface area contributed by atoms with Crippen LogP contribution in [0, 0.1) is 12.7 Å². The van der Waals surface area contributed by atoms with E-state index in [-0.39, 0.29) is 23.2 Å². The van der Waals surface area contributed by atoms with Gasteiger partial charge in [0.2, 0.25) is 5.78 Å². The van der Waals surface area contributed by atoms with Crippen molar-refractivity contribution in [2.24, 2.45) is 4.99 Å². The van der Waals surface area contributed by atoms with Crippen molar-refractivity contribution in [3.63, 3.8) is 0 Å². The number of rotatable bonds is 7. The molecule has 2 aromatic rings. The van der Waals surface area contributed by atoms with E-state index in [0.717, 1.165) is 11.4 Å². The van der Waals surface area contributed by atoms with Crippen LogP contribution >= 0.6 is 11.8 Å². The topological polar surface area (TPSA) is 58.5 Å². The number of aliphatic imine (C=N–C) groups is 1. The quantitative estimate of drug-likeness (QED) is 0.332. The van der Waals surface area contributed by atoms with Crippen molar-refractivity contribution in [1.29, 1.82) is 0 Å². The lowest BCUT2D eigenvalue weighted by molar-refractivity contribution is 0.101. The van der Waals surface area contributed by atoms with Crippen molar-refractivity contribution in [3.05, 3.63) is 47.8 Å². The molecule has 0 radical (unpaired) electrons. The van der Waals surface area contributed by atoms with E-state index in [0.29, 0.717) is 11.4 Å². The lowest BCUT2D eigenvalue weighted by Gasteiger charge is -2.08. The van der Waals surface area contributed by atoms with Crippen LogP contribution in [-0.4, -0.2) is 46.3 Å². The molecule has 7 heteroatoms. The maximum absolute atomic E-state index is 12.9. The van der Waals surface area contributed by atoms with Gasteiger partial charge in [0, 0.05) is 18.5 Å². The molecular weight excluding hydrogens is 327 g/mol. The standard InChI is InChI=1S/C17H19FN4OS/c1-4-22(3)11-20-15-9-19-17(21-12(15)2)16(23)10-24-14-7-5-13(18)6-8-14/h5-9,11H,4,10H2,1-3H3. The Balaban J connectivity index is 2.01. The Kier molecular flexibility index (Phi) is 6.43. The summed E-state index contributed by atoms with van der Waals surface area (Å²) >= 11 is 1.33. The number of nitrogens with zero attached hydrogens (tertiary/aromatic N) is 4. The van der Waals surface area contributed by atoms with Gasteiger partial charge in [-0.05, 0) is 38.1 Å². The minimum absolute atomic E-state index is 0.171. The third kappa shape index (κ3) is 5.13. The van der Waals surface area contributed by atoms with Crippen LogP contribution in [0.4, 0.5) is 10.1 Å². The lowest BCUT2D eigenvalue weighted by Crippen LogP contribution is -2.14. The molecule has 0 amide bonds. The Morgan fingerprint density at radius 2 is 2.08 bits per heavy atom. The molecule has 0 unspecified atom stereocenters. The number of Topliss-reactive ketones (excluding diaryl/α,β-unsaturated/α-hetero) is 1. The van der Waals surface area contributed by atoms with Gasteiger partial charge in [0.05, 0.1) is 24.0 Å². The molecule has 5 nitrogen and oxygen atoms in total. The Hall–Kier alpha value is -2.28. The predicted molar refractivity (Wildman–Crippen MR) is 94.7 cm³/mol. The molecule has 1 aromatic heterocycles. The molecule has 24 heavy (non-hydrogen) atoms. The number of aryl methyl sites for hydroxylation is 1. The predicted octanol–water partition coefficient (Wildman–Crippen LogP) is 3.51. The first kappa shape index (κ1) is 18.1. The lowest BCUT2D eigenvalue weighted by atomic mass is 10.3. The maximum atomic E-state index is 12.9. The van der Waals surface area contributed by atoms with Crippen molar-refractivity contribution in [1.82, 2.24) is 14.9 Å². The Bertz CT molecular complexity index is 734. The Morgan fingerprint density at radius 3 is 2.71 bits per heavy atom. The van der Waals surface area contributed by atoms with Crippen LogP contribution < -0.4 is 0 Å². The van der Waals surface area contributed by atoms with Gasteiger partial charge in [0.15, 0.2) is 5.82 Å². The molecule has 0 aliphatic carbocycles. The number of thioether (sulfide) groups is 1. The largest absolute Gasteiger partial charge is 0.366 e. The minimum atomic E-state index is -0.297. The number of hydrogen-bond acceptors (Lipinski definition) is 5. The molecule has 0 aliphatic rings. The summed E-state index contributed by atoms with van der Waals surface area (Å²) in [6.07, 6.45) is 3.26. The Morgan fingerprint density at radius 1 is 1.38 bits per heavy atom. The second kappa shape index (κ2) is 8.54. The van der Waals surface area contributed by atoms with Crippen LogP contribution in [0.1, 0.15) is 23.2 Å². The summed E-state index contributed by atoms with van der Waals surface area (Å²) in [5.41, 5.74) is 1.29.